The molecular weight excluding hydrogens is 224 g/mol. The smallest absolute Gasteiger partial charge is 0.110 e. The highest BCUT2D eigenvalue weighted by Crippen LogP contribution is 2.39. The fourth-order valence-electron chi connectivity index (χ4n) is 2.57. The van der Waals surface area contributed by atoms with Crippen molar-refractivity contribution in [1.29, 1.82) is 0 Å². The van der Waals surface area contributed by atoms with Crippen LogP contribution in [0.4, 0.5) is 11.4 Å². The largest absolute Gasteiger partial charge is 0.396 e. The van der Waals surface area contributed by atoms with E-state index < -0.39 is 0 Å². The SMILES string of the molecule is CC(CO)C1(C)Nc2cccc3cccc(c23)N1. The molecule has 0 spiro atoms. The monoisotopic (exact) mass is 242 g/mol. The molecule has 2 aromatic rings. The van der Waals surface area contributed by atoms with Gasteiger partial charge in [0.05, 0.1) is 0 Å². The Bertz CT molecular complexity index is 553. The molecule has 3 N–H and O–H groups in total. The lowest BCUT2D eigenvalue weighted by Gasteiger charge is -2.42. The van der Waals surface area contributed by atoms with Gasteiger partial charge in [0.15, 0.2) is 0 Å². The van der Waals surface area contributed by atoms with Crippen molar-refractivity contribution in [3.63, 3.8) is 0 Å². The number of hydrogen-bond acceptors (Lipinski definition) is 3. The maximum absolute atomic E-state index is 9.41. The van der Waals surface area contributed by atoms with Crippen molar-refractivity contribution < 1.29 is 5.11 Å². The van der Waals surface area contributed by atoms with Crippen LogP contribution in [0, 0.1) is 5.92 Å². The van der Waals surface area contributed by atoms with Gasteiger partial charge >= 0.3 is 0 Å². The number of aliphatic hydroxyl groups excluding tert-OH is 1. The van der Waals surface area contributed by atoms with Crippen LogP contribution in [0.1, 0.15) is 13.8 Å². The Morgan fingerprint density at radius 1 is 1.11 bits per heavy atom. The first-order chi connectivity index (χ1) is 8.64. The van der Waals surface area contributed by atoms with Crippen LogP contribution in [0.25, 0.3) is 10.8 Å². The maximum atomic E-state index is 9.41. The number of rotatable bonds is 2. The van der Waals surface area contributed by atoms with Crippen LogP contribution in [0.3, 0.4) is 0 Å². The Kier molecular flexibility index (Phi) is 2.45. The summed E-state index contributed by atoms with van der Waals surface area (Å²) in [5.74, 6) is 0.112. The van der Waals surface area contributed by atoms with Gasteiger partial charge in [-0.2, -0.15) is 0 Å². The third kappa shape index (κ3) is 1.55. The van der Waals surface area contributed by atoms with Crippen molar-refractivity contribution in [2.45, 2.75) is 19.5 Å². The molecule has 3 heteroatoms. The quantitative estimate of drug-likeness (QED) is 0.758. The second-order valence-electron chi connectivity index (χ2n) is 5.25. The second-order valence-corrected chi connectivity index (χ2v) is 5.25. The molecule has 1 unspecified atom stereocenters. The Labute approximate surface area is 107 Å². The predicted molar refractivity (Wildman–Crippen MR) is 75.8 cm³/mol. The highest BCUT2D eigenvalue weighted by atomic mass is 16.3. The topological polar surface area (TPSA) is 44.3 Å². The molecule has 1 heterocycles. The minimum Gasteiger partial charge on any atom is -0.396 e. The van der Waals surface area contributed by atoms with Gasteiger partial charge in [-0.3, -0.25) is 0 Å². The van der Waals surface area contributed by atoms with E-state index in [2.05, 4.69) is 54.0 Å². The lowest BCUT2D eigenvalue weighted by molar-refractivity contribution is 0.197. The lowest BCUT2D eigenvalue weighted by Crippen LogP contribution is -2.51. The standard InChI is InChI=1S/C15H18N2O/c1-10(9-18)15(2)16-12-7-3-5-11-6-4-8-13(17-15)14(11)12/h3-8,10,16-18H,9H2,1-2H3. The van der Waals surface area contributed by atoms with Gasteiger partial charge in [0.25, 0.3) is 0 Å². The summed E-state index contributed by atoms with van der Waals surface area (Å²) in [7, 11) is 0. The summed E-state index contributed by atoms with van der Waals surface area (Å²) in [6, 6.07) is 12.5. The number of nitrogens with one attached hydrogen (secondary N) is 2. The summed E-state index contributed by atoms with van der Waals surface area (Å²) in [5.41, 5.74) is 1.94. The molecule has 0 saturated carbocycles. The van der Waals surface area contributed by atoms with Crippen LogP contribution < -0.4 is 10.6 Å². The number of aliphatic hydroxyl groups is 1. The molecule has 3 nitrogen and oxygen atoms in total. The van der Waals surface area contributed by atoms with Gasteiger partial charge in [-0.1, -0.05) is 31.2 Å². The summed E-state index contributed by atoms with van der Waals surface area (Å²) in [5, 5.41) is 18.9. The molecular formula is C15H18N2O. The van der Waals surface area contributed by atoms with Gasteiger partial charge in [-0.25, -0.2) is 0 Å². The number of anilines is 2. The summed E-state index contributed by atoms with van der Waals surface area (Å²) >= 11 is 0. The Hall–Kier alpha value is -1.74. The average Bonchev–Trinajstić information content (AvgIpc) is 2.38. The van der Waals surface area contributed by atoms with Crippen LogP contribution in [0.2, 0.25) is 0 Å². The van der Waals surface area contributed by atoms with E-state index in [0.717, 1.165) is 11.4 Å². The average molecular weight is 242 g/mol. The highest BCUT2D eigenvalue weighted by molar-refractivity contribution is 6.05. The third-order valence-corrected chi connectivity index (χ3v) is 3.95. The molecule has 0 saturated heterocycles. The van der Waals surface area contributed by atoms with Crippen molar-refractivity contribution >= 4 is 22.1 Å². The van der Waals surface area contributed by atoms with E-state index in [-0.39, 0.29) is 18.2 Å². The van der Waals surface area contributed by atoms with Crippen molar-refractivity contribution in [3.8, 4) is 0 Å². The van der Waals surface area contributed by atoms with Crippen LogP contribution in [0.15, 0.2) is 36.4 Å². The maximum Gasteiger partial charge on any atom is 0.110 e. The van der Waals surface area contributed by atoms with Crippen molar-refractivity contribution in [1.82, 2.24) is 0 Å². The molecule has 0 aromatic heterocycles. The molecule has 3 rings (SSSR count). The van der Waals surface area contributed by atoms with E-state index >= 15 is 0 Å². The van der Waals surface area contributed by atoms with Crippen LogP contribution in [-0.4, -0.2) is 17.4 Å². The normalized spacial score (nSPS) is 17.9. The van der Waals surface area contributed by atoms with E-state index in [1.807, 2.05) is 6.92 Å². The molecule has 18 heavy (non-hydrogen) atoms. The minimum absolute atomic E-state index is 0.112. The molecule has 2 aromatic carbocycles. The zero-order valence-electron chi connectivity index (χ0n) is 10.7. The summed E-state index contributed by atoms with van der Waals surface area (Å²) in [6.45, 7) is 4.27. The van der Waals surface area contributed by atoms with Crippen LogP contribution in [-0.2, 0) is 0 Å². The van der Waals surface area contributed by atoms with Gasteiger partial charge in [-0.05, 0) is 24.4 Å². The van der Waals surface area contributed by atoms with Crippen molar-refractivity contribution in [2.24, 2.45) is 5.92 Å². The fraction of sp³-hybridized carbons (Fsp3) is 0.333. The molecule has 0 amide bonds. The lowest BCUT2D eigenvalue weighted by atomic mass is 9.92. The Balaban J connectivity index is 2.16. The zero-order valence-corrected chi connectivity index (χ0v) is 10.7. The summed E-state index contributed by atoms with van der Waals surface area (Å²) < 4.78 is 0. The number of hydrogen-bond donors (Lipinski definition) is 3. The van der Waals surface area contributed by atoms with Crippen LogP contribution in [0.5, 0.6) is 0 Å². The molecule has 94 valence electrons. The number of benzene rings is 2. The van der Waals surface area contributed by atoms with Gasteiger partial charge < -0.3 is 15.7 Å². The molecule has 1 aliphatic heterocycles. The van der Waals surface area contributed by atoms with E-state index in [9.17, 15) is 5.11 Å². The summed E-state index contributed by atoms with van der Waals surface area (Å²) in [6.07, 6.45) is 0. The van der Waals surface area contributed by atoms with E-state index in [4.69, 9.17) is 0 Å². The minimum atomic E-state index is -0.322. The van der Waals surface area contributed by atoms with E-state index in [0.29, 0.717) is 0 Å². The van der Waals surface area contributed by atoms with Gasteiger partial charge in [0, 0.05) is 29.3 Å². The van der Waals surface area contributed by atoms with Crippen molar-refractivity contribution in [3.05, 3.63) is 36.4 Å². The Morgan fingerprint density at radius 2 is 1.67 bits per heavy atom. The van der Waals surface area contributed by atoms with Gasteiger partial charge in [0.2, 0.25) is 0 Å². The summed E-state index contributed by atoms with van der Waals surface area (Å²) in [4.78, 5) is 0. The molecule has 0 radical (unpaired) electrons. The van der Waals surface area contributed by atoms with Gasteiger partial charge in [0.1, 0.15) is 5.66 Å². The van der Waals surface area contributed by atoms with Crippen molar-refractivity contribution in [2.75, 3.05) is 17.2 Å². The van der Waals surface area contributed by atoms with E-state index in [1.165, 1.54) is 10.8 Å². The second kappa shape index (κ2) is 3.89. The predicted octanol–water partition coefficient (Wildman–Crippen LogP) is 3.02. The fourth-order valence-corrected chi connectivity index (χ4v) is 2.57. The van der Waals surface area contributed by atoms with E-state index in [1.54, 1.807) is 0 Å². The first-order valence-electron chi connectivity index (χ1n) is 6.33. The first kappa shape index (κ1) is 11.4. The highest BCUT2D eigenvalue weighted by Gasteiger charge is 2.34. The third-order valence-electron chi connectivity index (χ3n) is 3.95. The molecule has 0 fully saturated rings. The van der Waals surface area contributed by atoms with Gasteiger partial charge in [-0.15, -0.1) is 0 Å². The van der Waals surface area contributed by atoms with Crippen LogP contribution >= 0.6 is 0 Å². The first-order valence-corrected chi connectivity index (χ1v) is 6.33. The molecule has 1 atom stereocenters. The molecule has 1 aliphatic rings. The molecule has 0 aliphatic carbocycles. The molecule has 0 bridgehead atoms. The zero-order chi connectivity index (χ0) is 12.8. The Morgan fingerprint density at radius 3 is 2.17 bits per heavy atom.